The van der Waals surface area contributed by atoms with Crippen molar-refractivity contribution >= 4 is 27.9 Å². The van der Waals surface area contributed by atoms with Crippen LogP contribution in [0, 0.1) is 0 Å². The maximum atomic E-state index is 12.7. The Hall–Kier alpha value is -2.41. The fourth-order valence-electron chi connectivity index (χ4n) is 2.86. The first-order chi connectivity index (χ1) is 12.9. The predicted molar refractivity (Wildman–Crippen MR) is 102 cm³/mol. The summed E-state index contributed by atoms with van der Waals surface area (Å²) in [7, 11) is 1.36. The van der Waals surface area contributed by atoms with E-state index >= 15 is 0 Å². The summed E-state index contributed by atoms with van der Waals surface area (Å²) in [5.41, 5.74) is 1.01. The zero-order valence-electron chi connectivity index (χ0n) is 14.5. The fourth-order valence-corrected chi connectivity index (χ4v) is 3.13. The molecule has 0 saturated heterocycles. The first-order valence-corrected chi connectivity index (χ1v) is 9.11. The number of para-hydroxylation sites is 1. The molecule has 142 valence electrons. The molecule has 3 rings (SSSR count). The summed E-state index contributed by atoms with van der Waals surface area (Å²) >= 11 is 3.40. The molecule has 0 bridgehead atoms. The largest absolute Gasteiger partial charge is 0.493 e. The van der Waals surface area contributed by atoms with Crippen LogP contribution in [0.2, 0.25) is 0 Å². The van der Waals surface area contributed by atoms with Crippen LogP contribution in [0.3, 0.4) is 0 Å². The van der Waals surface area contributed by atoms with Crippen molar-refractivity contribution in [2.24, 2.45) is 0 Å². The molecule has 7 heteroatoms. The summed E-state index contributed by atoms with van der Waals surface area (Å²) in [4.78, 5) is 12.4. The predicted octanol–water partition coefficient (Wildman–Crippen LogP) is 4.88. The van der Waals surface area contributed by atoms with Crippen LogP contribution >= 0.6 is 15.9 Å². The molecule has 0 heterocycles. The van der Waals surface area contributed by atoms with Gasteiger partial charge in [0, 0.05) is 16.1 Å². The zero-order valence-corrected chi connectivity index (χ0v) is 16.1. The lowest BCUT2D eigenvalue weighted by Crippen LogP contribution is -2.33. The molecule has 1 saturated carbocycles. The number of amides is 1. The van der Waals surface area contributed by atoms with Crippen molar-refractivity contribution in [1.82, 2.24) is 5.32 Å². The summed E-state index contributed by atoms with van der Waals surface area (Å²) in [5, 5.41) is 3.00. The number of rotatable bonds is 7. The van der Waals surface area contributed by atoms with E-state index in [1.165, 1.54) is 25.3 Å². The molecule has 2 aromatic carbocycles. The SMILES string of the molecule is COc1cccc(/C=C\C(=O)NC2(c3ccc(Br)cc3)CC2)c1OC(F)F. The number of nitrogens with one attached hydrogen (secondary N) is 1. The molecule has 1 aliphatic carbocycles. The van der Waals surface area contributed by atoms with Crippen molar-refractivity contribution in [2.75, 3.05) is 7.11 Å². The van der Waals surface area contributed by atoms with Crippen molar-refractivity contribution in [2.45, 2.75) is 25.0 Å². The van der Waals surface area contributed by atoms with E-state index < -0.39 is 6.61 Å². The van der Waals surface area contributed by atoms with Crippen molar-refractivity contribution in [1.29, 1.82) is 0 Å². The van der Waals surface area contributed by atoms with Crippen LogP contribution in [0.25, 0.3) is 6.08 Å². The second kappa shape index (κ2) is 8.08. The Bertz CT molecular complexity index is 849. The van der Waals surface area contributed by atoms with Crippen molar-refractivity contribution in [3.05, 3.63) is 64.1 Å². The molecular weight excluding hydrogens is 420 g/mol. The number of carbonyl (C=O) groups excluding carboxylic acids is 1. The van der Waals surface area contributed by atoms with E-state index in [4.69, 9.17) is 4.74 Å². The van der Waals surface area contributed by atoms with Crippen molar-refractivity contribution in [3.8, 4) is 11.5 Å². The van der Waals surface area contributed by atoms with Gasteiger partial charge in [0.2, 0.25) is 5.91 Å². The number of benzene rings is 2. The molecule has 0 aliphatic heterocycles. The highest BCUT2D eigenvalue weighted by molar-refractivity contribution is 9.10. The average molecular weight is 438 g/mol. The summed E-state index contributed by atoms with van der Waals surface area (Å²) in [6.07, 6.45) is 4.46. The van der Waals surface area contributed by atoms with Gasteiger partial charge < -0.3 is 14.8 Å². The number of carbonyl (C=O) groups is 1. The van der Waals surface area contributed by atoms with Crippen LogP contribution in [0.1, 0.15) is 24.0 Å². The highest BCUT2D eigenvalue weighted by Gasteiger charge is 2.45. The van der Waals surface area contributed by atoms with E-state index in [1.807, 2.05) is 24.3 Å². The maximum absolute atomic E-state index is 12.7. The Morgan fingerprint density at radius 1 is 1.22 bits per heavy atom. The second-order valence-electron chi connectivity index (χ2n) is 6.17. The number of hydrogen-bond donors (Lipinski definition) is 1. The number of ether oxygens (including phenoxy) is 2. The molecule has 1 amide bonds. The summed E-state index contributed by atoms with van der Waals surface area (Å²) < 4.78 is 35.9. The highest BCUT2D eigenvalue weighted by atomic mass is 79.9. The molecular formula is C20H18BrF2NO3. The van der Waals surface area contributed by atoms with Gasteiger partial charge in [-0.15, -0.1) is 0 Å². The van der Waals surface area contributed by atoms with Gasteiger partial charge in [-0.3, -0.25) is 4.79 Å². The van der Waals surface area contributed by atoms with Crippen LogP contribution in [0.5, 0.6) is 11.5 Å². The summed E-state index contributed by atoms with van der Waals surface area (Å²) in [6.45, 7) is -2.99. The van der Waals surface area contributed by atoms with Gasteiger partial charge in [-0.2, -0.15) is 8.78 Å². The van der Waals surface area contributed by atoms with Crippen LogP contribution in [-0.2, 0) is 10.3 Å². The van der Waals surface area contributed by atoms with Crippen LogP contribution < -0.4 is 14.8 Å². The van der Waals surface area contributed by atoms with E-state index in [1.54, 1.807) is 12.1 Å². The van der Waals surface area contributed by atoms with Gasteiger partial charge in [0.25, 0.3) is 0 Å². The van der Waals surface area contributed by atoms with E-state index in [-0.39, 0.29) is 22.9 Å². The minimum Gasteiger partial charge on any atom is -0.493 e. The first-order valence-electron chi connectivity index (χ1n) is 8.31. The number of halogens is 3. The molecule has 1 N–H and O–H groups in total. The Labute approximate surface area is 164 Å². The van der Waals surface area contributed by atoms with Gasteiger partial charge in [-0.05, 0) is 42.7 Å². The molecule has 4 nitrogen and oxygen atoms in total. The lowest BCUT2D eigenvalue weighted by atomic mass is 10.0. The topological polar surface area (TPSA) is 47.6 Å². The first kappa shape index (κ1) is 19.4. The third-order valence-electron chi connectivity index (χ3n) is 4.36. The minimum atomic E-state index is -2.99. The number of methoxy groups -OCH3 is 1. The zero-order chi connectivity index (χ0) is 19.4. The van der Waals surface area contributed by atoms with E-state index in [0.29, 0.717) is 5.56 Å². The average Bonchev–Trinajstić information content (AvgIpc) is 3.41. The van der Waals surface area contributed by atoms with Crippen molar-refractivity contribution < 1.29 is 23.0 Å². The Morgan fingerprint density at radius 2 is 1.93 bits per heavy atom. The Kier molecular flexibility index (Phi) is 5.79. The molecule has 0 aromatic heterocycles. The van der Waals surface area contributed by atoms with Gasteiger partial charge in [0.15, 0.2) is 11.5 Å². The molecule has 0 unspecified atom stereocenters. The molecule has 2 aromatic rings. The van der Waals surface area contributed by atoms with Gasteiger partial charge in [0.1, 0.15) is 0 Å². The van der Waals surface area contributed by atoms with E-state index in [9.17, 15) is 13.6 Å². The maximum Gasteiger partial charge on any atom is 0.387 e. The molecule has 0 atom stereocenters. The lowest BCUT2D eigenvalue weighted by Gasteiger charge is -2.17. The molecule has 1 fully saturated rings. The van der Waals surface area contributed by atoms with Crippen LogP contribution in [0.15, 0.2) is 53.0 Å². The third kappa shape index (κ3) is 4.66. The summed E-state index contributed by atoms with van der Waals surface area (Å²) in [6, 6.07) is 12.5. The smallest absolute Gasteiger partial charge is 0.387 e. The van der Waals surface area contributed by atoms with Crippen LogP contribution in [0.4, 0.5) is 8.78 Å². The Morgan fingerprint density at radius 3 is 2.52 bits per heavy atom. The third-order valence-corrected chi connectivity index (χ3v) is 4.89. The molecule has 1 aliphatic rings. The van der Waals surface area contributed by atoms with E-state index in [0.717, 1.165) is 22.9 Å². The van der Waals surface area contributed by atoms with Gasteiger partial charge in [0.05, 0.1) is 12.6 Å². The highest BCUT2D eigenvalue weighted by Crippen LogP contribution is 2.45. The lowest BCUT2D eigenvalue weighted by molar-refractivity contribution is -0.117. The van der Waals surface area contributed by atoms with E-state index in [2.05, 4.69) is 26.0 Å². The quantitative estimate of drug-likeness (QED) is 0.628. The second-order valence-corrected chi connectivity index (χ2v) is 7.08. The van der Waals surface area contributed by atoms with Gasteiger partial charge in [-0.1, -0.05) is 40.2 Å². The fraction of sp³-hybridized carbons (Fsp3) is 0.250. The molecule has 0 spiro atoms. The normalized spacial score (nSPS) is 15.0. The monoisotopic (exact) mass is 437 g/mol. The molecule has 27 heavy (non-hydrogen) atoms. The summed E-state index contributed by atoms with van der Waals surface area (Å²) in [5.74, 6) is -0.235. The van der Waals surface area contributed by atoms with Crippen LogP contribution in [-0.4, -0.2) is 19.6 Å². The van der Waals surface area contributed by atoms with Crippen molar-refractivity contribution in [3.63, 3.8) is 0 Å². The van der Waals surface area contributed by atoms with Gasteiger partial charge >= 0.3 is 6.61 Å². The number of alkyl halides is 2. The minimum absolute atomic E-state index is 0.104. The number of hydrogen-bond acceptors (Lipinski definition) is 3. The standard InChI is InChI=1S/C20H18BrF2NO3/c1-26-16-4-2-3-13(18(16)27-19(22)23)5-10-17(25)24-20(11-12-20)14-6-8-15(21)9-7-14/h2-10,19H,11-12H2,1H3,(H,24,25)/b10-5-. The van der Waals surface area contributed by atoms with Gasteiger partial charge in [-0.25, -0.2) is 0 Å². The molecule has 0 radical (unpaired) electrons. The Balaban J connectivity index is 1.75.